The molecule has 0 saturated heterocycles. The van der Waals surface area contributed by atoms with Gasteiger partial charge in [-0.1, -0.05) is 60.1 Å². The van der Waals surface area contributed by atoms with Crippen molar-refractivity contribution in [1.29, 1.82) is 0 Å². The number of nitrogens with zero attached hydrogens (tertiary/aromatic N) is 4. The Labute approximate surface area is 212 Å². The van der Waals surface area contributed by atoms with E-state index < -0.39 is 11.1 Å². The molecule has 0 radical (unpaired) electrons. The van der Waals surface area contributed by atoms with Gasteiger partial charge >= 0.3 is 0 Å². The Morgan fingerprint density at radius 1 is 0.771 bits per heavy atom. The van der Waals surface area contributed by atoms with Crippen molar-refractivity contribution in [2.24, 2.45) is 0 Å². The summed E-state index contributed by atoms with van der Waals surface area (Å²) in [5.74, 6) is 0. The van der Waals surface area contributed by atoms with Crippen molar-refractivity contribution in [3.8, 4) is 17.1 Å². The van der Waals surface area contributed by atoms with E-state index in [9.17, 15) is 9.59 Å². The predicted molar refractivity (Wildman–Crippen MR) is 143 cm³/mol. The number of para-hydroxylation sites is 3. The summed E-state index contributed by atoms with van der Waals surface area (Å²) in [5, 5.41) is 5.25. The lowest BCUT2D eigenvalue weighted by Crippen LogP contribution is -2.30. The largest absolute Gasteiger partial charge is 0.285 e. The number of benzene rings is 3. The number of fused-ring (bicyclic) bond motifs is 3. The molecule has 0 aliphatic heterocycles. The maximum atomic E-state index is 14.1. The molecule has 0 fully saturated rings. The highest BCUT2D eigenvalue weighted by Crippen LogP contribution is 2.33. The number of thiazole rings is 1. The van der Waals surface area contributed by atoms with Crippen molar-refractivity contribution in [3.63, 3.8) is 0 Å². The first-order valence-corrected chi connectivity index (χ1v) is 12.2. The summed E-state index contributed by atoms with van der Waals surface area (Å²) in [7, 11) is 0. The van der Waals surface area contributed by atoms with E-state index in [4.69, 9.17) is 23.8 Å². The van der Waals surface area contributed by atoms with E-state index in [1.807, 2.05) is 53.1 Å². The van der Waals surface area contributed by atoms with E-state index in [1.165, 1.54) is 20.6 Å². The first kappa shape index (κ1) is 21.7. The molecule has 0 atom stereocenters. The Morgan fingerprint density at radius 2 is 1.40 bits per heavy atom. The van der Waals surface area contributed by atoms with Crippen LogP contribution in [0.1, 0.15) is 0 Å². The molecule has 0 N–H and O–H groups in total. The average Bonchev–Trinajstić information content (AvgIpc) is 3.23. The predicted octanol–water partition coefficient (Wildman–Crippen LogP) is 5.92. The minimum atomic E-state index is -0.507. The zero-order valence-electron chi connectivity index (χ0n) is 18.0. The van der Waals surface area contributed by atoms with Crippen LogP contribution in [0.3, 0.4) is 0 Å². The van der Waals surface area contributed by atoms with Crippen LogP contribution in [0.5, 0.6) is 0 Å². The Hall–Kier alpha value is -3.85. The summed E-state index contributed by atoms with van der Waals surface area (Å²) in [6.45, 7) is 0. The van der Waals surface area contributed by atoms with Gasteiger partial charge in [0.1, 0.15) is 11.0 Å². The van der Waals surface area contributed by atoms with E-state index in [-0.39, 0.29) is 5.39 Å². The highest BCUT2D eigenvalue weighted by molar-refractivity contribution is 7.73. The lowest BCUT2D eigenvalue weighted by atomic mass is 10.2. The van der Waals surface area contributed by atoms with Gasteiger partial charge in [-0.3, -0.25) is 18.7 Å². The van der Waals surface area contributed by atoms with Crippen LogP contribution in [-0.2, 0) is 0 Å². The minimum Gasteiger partial charge on any atom is -0.277 e. The second kappa shape index (κ2) is 8.42. The zero-order valence-corrected chi connectivity index (χ0v) is 20.3. The molecule has 6 nitrogen and oxygen atoms in total. The molecular weight excluding hydrogens is 500 g/mol. The van der Waals surface area contributed by atoms with Gasteiger partial charge in [0.15, 0.2) is 3.95 Å². The van der Waals surface area contributed by atoms with Crippen LogP contribution in [0.4, 0.5) is 0 Å². The Balaban J connectivity index is 1.85. The van der Waals surface area contributed by atoms with E-state index in [0.29, 0.717) is 36.1 Å². The van der Waals surface area contributed by atoms with Crippen LogP contribution in [-0.4, -0.2) is 18.9 Å². The summed E-state index contributed by atoms with van der Waals surface area (Å²) in [5.41, 5.74) is 1.37. The third-order valence-corrected chi connectivity index (χ3v) is 7.46. The number of rotatable bonds is 3. The van der Waals surface area contributed by atoms with Crippen LogP contribution in [0, 0.1) is 3.95 Å². The quantitative estimate of drug-likeness (QED) is 0.275. The summed E-state index contributed by atoms with van der Waals surface area (Å²) in [4.78, 5) is 27.8. The lowest BCUT2D eigenvalue weighted by Gasteiger charge is -2.15. The smallest absolute Gasteiger partial charge is 0.277 e. The van der Waals surface area contributed by atoms with Crippen LogP contribution >= 0.6 is 35.2 Å². The molecule has 3 aromatic carbocycles. The van der Waals surface area contributed by atoms with Crippen molar-refractivity contribution >= 4 is 56.3 Å². The molecule has 0 unspecified atom stereocenters. The maximum absolute atomic E-state index is 14.1. The number of aromatic nitrogens is 4. The van der Waals surface area contributed by atoms with Gasteiger partial charge < -0.3 is 0 Å². The van der Waals surface area contributed by atoms with E-state index in [2.05, 4.69) is 5.10 Å². The second-order valence-corrected chi connectivity index (χ2v) is 9.82. The molecule has 9 heteroatoms. The Kier molecular flexibility index (Phi) is 5.21. The SMILES string of the molecule is O=c1c2c(=O)n(-c3ccccc3Cl)c3c(sc(=S)n3-c3ccccc3)c2cnn1-c1ccccc1. The molecule has 0 aliphatic rings. The van der Waals surface area contributed by atoms with Crippen LogP contribution in [0.25, 0.3) is 38.2 Å². The molecule has 3 heterocycles. The fraction of sp³-hybridized carbons (Fsp3) is 0. The zero-order chi connectivity index (χ0) is 24.1. The molecular formula is C26H15ClN4O2S2. The maximum Gasteiger partial charge on any atom is 0.285 e. The molecule has 0 spiro atoms. The minimum absolute atomic E-state index is 0.0211. The normalized spacial score (nSPS) is 11.3. The number of pyridine rings is 1. The van der Waals surface area contributed by atoms with Crippen molar-refractivity contribution in [1.82, 2.24) is 18.9 Å². The van der Waals surface area contributed by atoms with E-state index in [1.54, 1.807) is 42.6 Å². The summed E-state index contributed by atoms with van der Waals surface area (Å²) < 4.78 is 5.77. The fourth-order valence-electron chi connectivity index (χ4n) is 4.20. The molecule has 0 amide bonds. The van der Waals surface area contributed by atoms with Gasteiger partial charge in [-0.25, -0.2) is 0 Å². The monoisotopic (exact) mass is 514 g/mol. The average molecular weight is 515 g/mol. The summed E-state index contributed by atoms with van der Waals surface area (Å²) >= 11 is 13.6. The molecule has 0 aliphatic carbocycles. The number of halogens is 1. The van der Waals surface area contributed by atoms with Crippen molar-refractivity contribution in [2.75, 3.05) is 0 Å². The van der Waals surface area contributed by atoms with Gasteiger partial charge in [-0.2, -0.15) is 9.78 Å². The third-order valence-electron chi connectivity index (χ3n) is 5.75. The lowest BCUT2D eigenvalue weighted by molar-refractivity contribution is 0.818. The third kappa shape index (κ3) is 3.37. The molecule has 0 saturated carbocycles. The topological polar surface area (TPSA) is 61.8 Å². The second-order valence-electron chi connectivity index (χ2n) is 7.77. The number of hydrogen-bond donors (Lipinski definition) is 0. The number of hydrogen-bond acceptors (Lipinski definition) is 5. The van der Waals surface area contributed by atoms with Crippen LogP contribution < -0.4 is 11.1 Å². The van der Waals surface area contributed by atoms with Crippen LogP contribution in [0.15, 0.2) is 101 Å². The van der Waals surface area contributed by atoms with E-state index >= 15 is 0 Å². The molecule has 0 bridgehead atoms. The van der Waals surface area contributed by atoms with Gasteiger partial charge in [-0.15, -0.1) is 11.3 Å². The van der Waals surface area contributed by atoms with Gasteiger partial charge in [0.2, 0.25) is 0 Å². The molecule has 3 aromatic heterocycles. The first-order chi connectivity index (χ1) is 17.1. The molecule has 6 aromatic rings. The van der Waals surface area contributed by atoms with Gasteiger partial charge in [0.25, 0.3) is 11.1 Å². The standard InChI is InChI=1S/C26H15ClN4O2S2/c27-19-13-7-8-14-20(19)30-23-22(35-26(34)29(23)16-9-3-1-4-10-16)18-15-28-31(17-11-5-2-6-12-17)25(33)21(18)24(30)32/h1-15H. The molecule has 170 valence electrons. The van der Waals surface area contributed by atoms with Crippen LogP contribution in [0.2, 0.25) is 5.02 Å². The van der Waals surface area contributed by atoms with Crippen molar-refractivity contribution < 1.29 is 0 Å². The van der Waals surface area contributed by atoms with Gasteiger partial charge in [0, 0.05) is 11.1 Å². The summed E-state index contributed by atoms with van der Waals surface area (Å²) in [6, 6.07) is 25.6. The fourth-order valence-corrected chi connectivity index (χ4v) is 5.86. The molecule has 6 rings (SSSR count). The van der Waals surface area contributed by atoms with Crippen molar-refractivity contribution in [3.05, 3.63) is 121 Å². The van der Waals surface area contributed by atoms with Gasteiger partial charge in [0.05, 0.1) is 27.3 Å². The first-order valence-electron chi connectivity index (χ1n) is 10.6. The molecule has 35 heavy (non-hydrogen) atoms. The highest BCUT2D eigenvalue weighted by atomic mass is 35.5. The Bertz CT molecular complexity index is 1920. The van der Waals surface area contributed by atoms with E-state index in [0.717, 1.165) is 5.69 Å². The summed E-state index contributed by atoms with van der Waals surface area (Å²) in [6.07, 6.45) is 1.56. The highest BCUT2D eigenvalue weighted by Gasteiger charge is 2.23. The Morgan fingerprint density at radius 3 is 2.09 bits per heavy atom. The van der Waals surface area contributed by atoms with Crippen molar-refractivity contribution in [2.45, 2.75) is 0 Å². The van der Waals surface area contributed by atoms with Gasteiger partial charge in [-0.05, 0) is 48.6 Å².